The SMILES string of the molecule is CCOC(=O)c1ccc(NC2=Nc3ccccc3N3C2=Nc2c(c(C)nn2-c2ccccc2)[C@@H]3c2ccc(C(C)(C)C)cc2)cc1. The zero-order chi connectivity index (χ0) is 32.0. The summed E-state index contributed by atoms with van der Waals surface area (Å²) in [6.07, 6.45) is 0. The summed E-state index contributed by atoms with van der Waals surface area (Å²) in [6.45, 7) is 10.9. The van der Waals surface area contributed by atoms with Crippen LogP contribution in [0.5, 0.6) is 0 Å². The second kappa shape index (κ2) is 11.5. The highest BCUT2D eigenvalue weighted by Crippen LogP contribution is 2.48. The summed E-state index contributed by atoms with van der Waals surface area (Å²) in [4.78, 5) is 25.0. The molecule has 0 aliphatic carbocycles. The first-order valence-electron chi connectivity index (χ1n) is 15.6. The number of hydrogen-bond donors (Lipinski definition) is 1. The Hall–Kier alpha value is -5.50. The van der Waals surface area contributed by atoms with Crippen LogP contribution in [-0.4, -0.2) is 34.0 Å². The monoisotopic (exact) mass is 608 g/mol. The van der Waals surface area contributed by atoms with E-state index in [0.29, 0.717) is 23.8 Å². The van der Waals surface area contributed by atoms with Crippen LogP contribution in [0.2, 0.25) is 0 Å². The molecule has 0 radical (unpaired) electrons. The molecule has 46 heavy (non-hydrogen) atoms. The van der Waals surface area contributed by atoms with Gasteiger partial charge >= 0.3 is 5.97 Å². The zero-order valence-corrected chi connectivity index (χ0v) is 26.7. The topological polar surface area (TPSA) is 84.1 Å². The maximum absolute atomic E-state index is 12.3. The number of aromatic nitrogens is 2. The second-order valence-electron chi connectivity index (χ2n) is 12.5. The third kappa shape index (κ3) is 5.15. The van der Waals surface area contributed by atoms with Crippen LogP contribution in [-0.2, 0) is 10.2 Å². The number of carbonyl (C=O) groups excluding carboxylic acids is 1. The summed E-state index contributed by atoms with van der Waals surface area (Å²) in [7, 11) is 0. The average molecular weight is 609 g/mol. The number of hydrogen-bond acceptors (Lipinski definition) is 7. The molecule has 0 saturated carbocycles. The van der Waals surface area contributed by atoms with Crippen molar-refractivity contribution >= 4 is 40.5 Å². The predicted octanol–water partition coefficient (Wildman–Crippen LogP) is 8.45. The van der Waals surface area contributed by atoms with Crippen LogP contribution in [0.1, 0.15) is 66.5 Å². The number of esters is 1. The van der Waals surface area contributed by atoms with Gasteiger partial charge < -0.3 is 15.0 Å². The van der Waals surface area contributed by atoms with Crippen LogP contribution in [0.15, 0.2) is 113 Å². The Bertz CT molecular complexity index is 1980. The molecular formula is C38H36N6O2. The lowest BCUT2D eigenvalue weighted by atomic mass is 9.85. The summed E-state index contributed by atoms with van der Waals surface area (Å²) < 4.78 is 7.10. The highest BCUT2D eigenvalue weighted by atomic mass is 16.5. The maximum Gasteiger partial charge on any atom is 0.338 e. The van der Waals surface area contributed by atoms with Gasteiger partial charge in [-0.1, -0.05) is 75.4 Å². The summed E-state index contributed by atoms with van der Waals surface area (Å²) in [5, 5.41) is 8.55. The molecule has 230 valence electrons. The molecule has 2 aliphatic heterocycles. The van der Waals surface area contributed by atoms with Crippen LogP contribution in [0, 0.1) is 6.92 Å². The van der Waals surface area contributed by atoms with Crippen molar-refractivity contribution in [1.29, 1.82) is 0 Å². The Morgan fingerprint density at radius 3 is 2.26 bits per heavy atom. The second-order valence-corrected chi connectivity index (χ2v) is 12.5. The minimum Gasteiger partial charge on any atom is -0.462 e. The van der Waals surface area contributed by atoms with E-state index in [2.05, 4.69) is 68.2 Å². The molecule has 2 aliphatic rings. The van der Waals surface area contributed by atoms with Gasteiger partial charge in [0.2, 0.25) is 0 Å². The molecule has 1 N–H and O–H groups in total. The third-order valence-corrected chi connectivity index (χ3v) is 8.39. The maximum atomic E-state index is 12.3. The minimum absolute atomic E-state index is 0.0290. The molecule has 0 bridgehead atoms. The van der Waals surface area contributed by atoms with Crippen molar-refractivity contribution in [2.45, 2.75) is 46.1 Å². The lowest BCUT2D eigenvalue weighted by molar-refractivity contribution is 0.0526. The molecule has 8 heteroatoms. The van der Waals surface area contributed by atoms with Crippen LogP contribution < -0.4 is 10.2 Å². The van der Waals surface area contributed by atoms with Gasteiger partial charge in [-0.25, -0.2) is 19.5 Å². The first kappa shape index (κ1) is 29.2. The highest BCUT2D eigenvalue weighted by Gasteiger charge is 2.41. The van der Waals surface area contributed by atoms with Gasteiger partial charge in [-0.15, -0.1) is 0 Å². The first-order chi connectivity index (χ1) is 22.2. The molecule has 3 heterocycles. The number of benzene rings is 4. The number of para-hydroxylation sites is 3. The lowest BCUT2D eigenvalue weighted by Crippen LogP contribution is -2.46. The number of fused-ring (bicyclic) bond motifs is 4. The Kier molecular flexibility index (Phi) is 7.28. The molecule has 1 aromatic heterocycles. The quantitative estimate of drug-likeness (QED) is 0.202. The van der Waals surface area contributed by atoms with Crippen LogP contribution >= 0.6 is 0 Å². The average Bonchev–Trinajstić information content (AvgIpc) is 3.40. The summed E-state index contributed by atoms with van der Waals surface area (Å²) in [5.74, 6) is 1.70. The number of aliphatic imine (C=N–C) groups is 2. The number of amidine groups is 2. The Balaban J connectivity index is 1.41. The number of anilines is 2. The van der Waals surface area contributed by atoms with Gasteiger partial charge in [-0.2, -0.15) is 5.10 Å². The molecule has 0 fully saturated rings. The Morgan fingerprint density at radius 2 is 1.57 bits per heavy atom. The van der Waals surface area contributed by atoms with E-state index in [1.807, 2.05) is 65.3 Å². The molecular weight excluding hydrogens is 572 g/mol. The molecule has 0 amide bonds. The van der Waals surface area contributed by atoms with E-state index < -0.39 is 0 Å². The van der Waals surface area contributed by atoms with Gasteiger partial charge in [0.25, 0.3) is 0 Å². The van der Waals surface area contributed by atoms with Crippen molar-refractivity contribution in [2.24, 2.45) is 9.98 Å². The molecule has 1 atom stereocenters. The van der Waals surface area contributed by atoms with Crippen LogP contribution in [0.25, 0.3) is 5.69 Å². The van der Waals surface area contributed by atoms with E-state index >= 15 is 0 Å². The smallest absolute Gasteiger partial charge is 0.338 e. The summed E-state index contributed by atoms with van der Waals surface area (Å²) in [6, 6.07) is 34.2. The fourth-order valence-electron chi connectivity index (χ4n) is 6.07. The molecule has 4 aromatic carbocycles. The molecule has 8 nitrogen and oxygen atoms in total. The molecule has 0 spiro atoms. The van der Waals surface area contributed by atoms with Crippen LogP contribution in [0.3, 0.4) is 0 Å². The Labute approximate surface area is 269 Å². The summed E-state index contributed by atoms with van der Waals surface area (Å²) >= 11 is 0. The predicted molar refractivity (Wildman–Crippen MR) is 184 cm³/mol. The highest BCUT2D eigenvalue weighted by molar-refractivity contribution is 6.51. The number of aryl methyl sites for hydroxylation is 1. The number of nitrogens with zero attached hydrogens (tertiary/aromatic N) is 5. The van der Waals surface area contributed by atoms with E-state index in [-0.39, 0.29) is 17.4 Å². The largest absolute Gasteiger partial charge is 0.462 e. The number of nitrogens with one attached hydrogen (secondary N) is 1. The van der Waals surface area contributed by atoms with E-state index in [9.17, 15) is 4.79 Å². The molecule has 5 aromatic rings. The van der Waals surface area contributed by atoms with E-state index in [1.54, 1.807) is 19.1 Å². The van der Waals surface area contributed by atoms with Gasteiger partial charge in [0, 0.05) is 11.3 Å². The van der Waals surface area contributed by atoms with E-state index in [0.717, 1.165) is 45.4 Å². The van der Waals surface area contributed by atoms with Crippen molar-refractivity contribution in [2.75, 3.05) is 16.8 Å². The van der Waals surface area contributed by atoms with Crippen molar-refractivity contribution < 1.29 is 9.53 Å². The van der Waals surface area contributed by atoms with Crippen molar-refractivity contribution in [1.82, 2.24) is 9.78 Å². The normalized spacial score (nSPS) is 15.2. The van der Waals surface area contributed by atoms with E-state index in [1.165, 1.54) is 5.56 Å². The van der Waals surface area contributed by atoms with Crippen molar-refractivity contribution in [3.63, 3.8) is 0 Å². The zero-order valence-electron chi connectivity index (χ0n) is 26.7. The third-order valence-electron chi connectivity index (χ3n) is 8.39. The number of ether oxygens (including phenoxy) is 1. The van der Waals surface area contributed by atoms with Crippen molar-refractivity contribution in [3.05, 3.63) is 131 Å². The van der Waals surface area contributed by atoms with Gasteiger partial charge in [-0.05, 0) is 78.9 Å². The van der Waals surface area contributed by atoms with Gasteiger partial charge in [-0.3, -0.25) is 0 Å². The number of rotatable bonds is 5. The van der Waals surface area contributed by atoms with E-state index in [4.69, 9.17) is 19.8 Å². The van der Waals surface area contributed by atoms with Gasteiger partial charge in [0.1, 0.15) is 0 Å². The summed E-state index contributed by atoms with van der Waals surface area (Å²) in [5.41, 5.74) is 8.39. The van der Waals surface area contributed by atoms with Gasteiger partial charge in [0.05, 0.1) is 41.0 Å². The first-order valence-corrected chi connectivity index (χ1v) is 15.6. The van der Waals surface area contributed by atoms with Gasteiger partial charge in [0.15, 0.2) is 17.5 Å². The fraction of sp³-hybridized carbons (Fsp3) is 0.211. The fourth-order valence-corrected chi connectivity index (χ4v) is 6.07. The lowest BCUT2D eigenvalue weighted by Gasteiger charge is -2.40. The minimum atomic E-state index is -0.349. The van der Waals surface area contributed by atoms with Crippen molar-refractivity contribution in [3.8, 4) is 5.69 Å². The molecule has 7 rings (SSSR count). The molecule has 0 unspecified atom stereocenters. The number of carbonyl (C=O) groups is 1. The molecule has 0 saturated heterocycles. The Morgan fingerprint density at radius 1 is 0.870 bits per heavy atom. The standard InChI is InChI=1S/C38H36N6O2/c1-6-46-37(45)26-18-22-28(23-19-26)39-34-36-41-35-32(24(2)42-44(35)29-12-8-7-9-13-29)33(25-16-20-27(21-17-25)38(3,4)5)43(36)31-15-11-10-14-30(31)40-34/h7-23,33H,6H2,1-5H3,(H,39,40)/t33-/m0/s1. The van der Waals surface area contributed by atoms with Crippen LogP contribution in [0.4, 0.5) is 22.9 Å².